The third-order valence-corrected chi connectivity index (χ3v) is 2.97. The minimum Gasteiger partial charge on any atom is -0.367 e. The summed E-state index contributed by atoms with van der Waals surface area (Å²) in [6.07, 6.45) is -4.66. The Morgan fingerprint density at radius 3 is 2.59 bits per heavy atom. The van der Waals surface area contributed by atoms with Gasteiger partial charge in [0.25, 0.3) is 5.91 Å². The molecule has 2 rings (SSSR count). The molecular formula is C13H13F3N4O2. The third-order valence-electron chi connectivity index (χ3n) is 2.97. The number of aryl methyl sites for hydroxylation is 1. The van der Waals surface area contributed by atoms with Crippen LogP contribution >= 0.6 is 0 Å². The Morgan fingerprint density at radius 2 is 2.05 bits per heavy atom. The topological polar surface area (TPSA) is 69.0 Å². The summed E-state index contributed by atoms with van der Waals surface area (Å²) in [6.45, 7) is 0. The number of nitrogens with one attached hydrogen (secondary N) is 1. The Bertz CT molecular complexity index is 669. The number of amides is 1. The standard InChI is InChI=1S/C13H13F3N4O2/c1-20-7-17-19-12(20)18-11(21)10(22-2)8-5-3-4-6-9(8)13(14,15)16/h3-7,10H,1-2H3,(H,18,19,21). The van der Waals surface area contributed by atoms with Crippen molar-refractivity contribution >= 4 is 11.9 Å². The van der Waals surface area contributed by atoms with E-state index in [9.17, 15) is 18.0 Å². The molecule has 1 aromatic carbocycles. The van der Waals surface area contributed by atoms with E-state index in [0.29, 0.717) is 0 Å². The number of anilines is 1. The molecule has 0 fully saturated rings. The number of benzene rings is 1. The van der Waals surface area contributed by atoms with Gasteiger partial charge in [0.15, 0.2) is 6.10 Å². The van der Waals surface area contributed by atoms with Crippen LogP contribution in [0.2, 0.25) is 0 Å². The average Bonchev–Trinajstić information content (AvgIpc) is 2.84. The molecule has 118 valence electrons. The van der Waals surface area contributed by atoms with Gasteiger partial charge in [-0.2, -0.15) is 13.2 Å². The predicted molar refractivity (Wildman–Crippen MR) is 70.8 cm³/mol. The number of methoxy groups -OCH3 is 1. The first kappa shape index (κ1) is 16.0. The van der Waals surface area contributed by atoms with Gasteiger partial charge in [-0.3, -0.25) is 10.1 Å². The van der Waals surface area contributed by atoms with E-state index in [2.05, 4.69) is 15.5 Å². The molecule has 6 nitrogen and oxygen atoms in total. The second-order valence-corrected chi connectivity index (χ2v) is 4.46. The number of carbonyl (C=O) groups excluding carboxylic acids is 1. The summed E-state index contributed by atoms with van der Waals surface area (Å²) in [5, 5.41) is 9.58. The van der Waals surface area contributed by atoms with Crippen LogP contribution < -0.4 is 5.32 Å². The quantitative estimate of drug-likeness (QED) is 0.939. The first-order valence-corrected chi connectivity index (χ1v) is 6.18. The molecule has 0 aliphatic rings. The number of hydrogen-bond acceptors (Lipinski definition) is 4. The van der Waals surface area contributed by atoms with Crippen molar-refractivity contribution in [1.29, 1.82) is 0 Å². The average molecular weight is 314 g/mol. The van der Waals surface area contributed by atoms with Crippen LogP contribution in [0.4, 0.5) is 19.1 Å². The SMILES string of the molecule is COC(C(=O)Nc1nncn1C)c1ccccc1C(F)(F)F. The van der Waals surface area contributed by atoms with Crippen LogP contribution in [0.1, 0.15) is 17.2 Å². The largest absolute Gasteiger partial charge is 0.416 e. The number of hydrogen-bond donors (Lipinski definition) is 1. The van der Waals surface area contributed by atoms with Crippen LogP contribution in [-0.4, -0.2) is 27.8 Å². The molecule has 1 atom stereocenters. The minimum absolute atomic E-state index is 0.108. The monoisotopic (exact) mass is 314 g/mol. The fourth-order valence-corrected chi connectivity index (χ4v) is 1.93. The van der Waals surface area contributed by atoms with Gasteiger partial charge < -0.3 is 9.30 Å². The molecule has 0 saturated heterocycles. The first-order chi connectivity index (χ1) is 10.3. The van der Waals surface area contributed by atoms with Crippen LogP contribution in [0.25, 0.3) is 0 Å². The van der Waals surface area contributed by atoms with E-state index in [1.807, 2.05) is 0 Å². The lowest BCUT2D eigenvalue weighted by molar-refractivity contribution is -0.140. The number of aromatic nitrogens is 3. The third kappa shape index (κ3) is 3.25. The lowest BCUT2D eigenvalue weighted by Crippen LogP contribution is -2.26. The van der Waals surface area contributed by atoms with Gasteiger partial charge in [-0.15, -0.1) is 10.2 Å². The Morgan fingerprint density at radius 1 is 1.36 bits per heavy atom. The fraction of sp³-hybridized carbons (Fsp3) is 0.308. The van der Waals surface area contributed by atoms with Crippen LogP contribution in [-0.2, 0) is 22.8 Å². The smallest absolute Gasteiger partial charge is 0.367 e. The second-order valence-electron chi connectivity index (χ2n) is 4.46. The van der Waals surface area contributed by atoms with Gasteiger partial charge in [0.1, 0.15) is 6.33 Å². The molecule has 22 heavy (non-hydrogen) atoms. The van der Waals surface area contributed by atoms with Gasteiger partial charge >= 0.3 is 6.18 Å². The van der Waals surface area contributed by atoms with E-state index < -0.39 is 23.8 Å². The van der Waals surface area contributed by atoms with Crippen molar-refractivity contribution in [2.75, 3.05) is 12.4 Å². The zero-order valence-electron chi connectivity index (χ0n) is 11.8. The van der Waals surface area contributed by atoms with Crippen molar-refractivity contribution in [1.82, 2.24) is 14.8 Å². The molecule has 0 radical (unpaired) electrons. The highest BCUT2D eigenvalue weighted by atomic mass is 19.4. The van der Waals surface area contributed by atoms with Crippen molar-refractivity contribution in [3.8, 4) is 0 Å². The number of halogens is 3. The summed E-state index contributed by atoms with van der Waals surface area (Å²) in [6, 6.07) is 4.76. The molecule has 0 saturated carbocycles. The Balaban J connectivity index is 2.33. The molecule has 0 aliphatic heterocycles. The molecule has 2 aromatic rings. The van der Waals surface area contributed by atoms with Gasteiger partial charge in [0.2, 0.25) is 5.95 Å². The molecule has 1 heterocycles. The van der Waals surface area contributed by atoms with Crippen LogP contribution in [0, 0.1) is 0 Å². The first-order valence-electron chi connectivity index (χ1n) is 6.18. The summed E-state index contributed by atoms with van der Waals surface area (Å²) >= 11 is 0. The maximum absolute atomic E-state index is 13.0. The summed E-state index contributed by atoms with van der Waals surface area (Å²) in [5.41, 5.74) is -1.19. The van der Waals surface area contributed by atoms with Crippen molar-refractivity contribution in [2.24, 2.45) is 7.05 Å². The molecule has 0 aliphatic carbocycles. The summed E-state index contributed by atoms with van der Waals surface area (Å²) in [7, 11) is 2.75. The van der Waals surface area contributed by atoms with Crippen molar-refractivity contribution in [2.45, 2.75) is 12.3 Å². The van der Waals surface area contributed by atoms with Crippen molar-refractivity contribution in [3.05, 3.63) is 41.7 Å². The highest BCUT2D eigenvalue weighted by Crippen LogP contribution is 2.35. The van der Waals surface area contributed by atoms with E-state index in [0.717, 1.165) is 13.2 Å². The second kappa shape index (κ2) is 6.14. The van der Waals surface area contributed by atoms with Crippen LogP contribution in [0.5, 0.6) is 0 Å². The van der Waals surface area contributed by atoms with Gasteiger partial charge in [-0.05, 0) is 6.07 Å². The van der Waals surface area contributed by atoms with E-state index in [1.165, 1.54) is 29.1 Å². The zero-order valence-corrected chi connectivity index (χ0v) is 11.8. The molecule has 0 bridgehead atoms. The zero-order chi connectivity index (χ0) is 16.3. The lowest BCUT2D eigenvalue weighted by atomic mass is 10.0. The Hall–Kier alpha value is -2.42. The Kier molecular flexibility index (Phi) is 4.45. The van der Waals surface area contributed by atoms with Crippen LogP contribution in [0.15, 0.2) is 30.6 Å². The normalized spacial score (nSPS) is 13.0. The molecule has 1 amide bonds. The summed E-state index contributed by atoms with van der Waals surface area (Å²) in [4.78, 5) is 12.2. The van der Waals surface area contributed by atoms with E-state index >= 15 is 0 Å². The number of alkyl halides is 3. The van der Waals surface area contributed by atoms with Gasteiger partial charge in [0, 0.05) is 19.7 Å². The van der Waals surface area contributed by atoms with Gasteiger partial charge in [-0.1, -0.05) is 18.2 Å². The van der Waals surface area contributed by atoms with Gasteiger partial charge in [0.05, 0.1) is 5.56 Å². The Labute approximate surface area is 123 Å². The molecule has 1 aromatic heterocycles. The number of ether oxygens (including phenoxy) is 1. The van der Waals surface area contributed by atoms with E-state index in [-0.39, 0.29) is 11.5 Å². The summed E-state index contributed by atoms with van der Waals surface area (Å²) < 4.78 is 45.5. The maximum Gasteiger partial charge on any atom is 0.416 e. The predicted octanol–water partition coefficient (Wildman–Crippen LogP) is 2.16. The number of rotatable bonds is 4. The van der Waals surface area contributed by atoms with Crippen LogP contribution in [0.3, 0.4) is 0 Å². The highest BCUT2D eigenvalue weighted by Gasteiger charge is 2.37. The molecule has 1 N–H and O–H groups in total. The molecular weight excluding hydrogens is 301 g/mol. The van der Waals surface area contributed by atoms with Crippen molar-refractivity contribution < 1.29 is 22.7 Å². The number of carbonyl (C=O) groups is 1. The minimum atomic E-state index is -4.58. The van der Waals surface area contributed by atoms with Crippen molar-refractivity contribution in [3.63, 3.8) is 0 Å². The molecule has 0 spiro atoms. The van der Waals surface area contributed by atoms with E-state index in [4.69, 9.17) is 4.74 Å². The molecule has 9 heteroatoms. The maximum atomic E-state index is 13.0. The highest BCUT2D eigenvalue weighted by molar-refractivity contribution is 5.93. The van der Waals surface area contributed by atoms with E-state index in [1.54, 1.807) is 7.05 Å². The lowest BCUT2D eigenvalue weighted by Gasteiger charge is -2.19. The molecule has 1 unspecified atom stereocenters. The number of nitrogens with zero attached hydrogens (tertiary/aromatic N) is 3. The fourth-order valence-electron chi connectivity index (χ4n) is 1.93. The van der Waals surface area contributed by atoms with Gasteiger partial charge in [-0.25, -0.2) is 0 Å². The summed E-state index contributed by atoms with van der Waals surface area (Å²) in [5.74, 6) is -0.660.